The van der Waals surface area contributed by atoms with Gasteiger partial charge in [-0.1, -0.05) is 30.3 Å². The smallest absolute Gasteiger partial charge is 0.191 e. The van der Waals surface area contributed by atoms with E-state index in [-0.39, 0.29) is 35.6 Å². The maximum atomic E-state index is 6.12. The summed E-state index contributed by atoms with van der Waals surface area (Å²) in [5.41, 5.74) is 2.08. The number of halogens is 1. The molecule has 0 radical (unpaired) electrons. The molecule has 0 fully saturated rings. The molecule has 0 spiro atoms. The van der Waals surface area contributed by atoms with Gasteiger partial charge in [-0.3, -0.25) is 4.99 Å². The summed E-state index contributed by atoms with van der Waals surface area (Å²) in [6, 6.07) is 16.4. The Morgan fingerprint density at radius 3 is 2.57 bits per heavy atom. The molecular weight excluding hydrogens is 493 g/mol. The van der Waals surface area contributed by atoms with E-state index < -0.39 is 0 Å². The summed E-state index contributed by atoms with van der Waals surface area (Å²) in [4.78, 5) is 4.40. The lowest BCUT2D eigenvalue weighted by Gasteiger charge is -2.38. The van der Waals surface area contributed by atoms with Crippen LogP contribution in [0.25, 0.3) is 0 Å². The first-order chi connectivity index (χ1) is 14.0. The number of nitrogens with zero attached hydrogens (tertiary/aromatic N) is 1. The molecule has 2 aromatic carbocycles. The van der Waals surface area contributed by atoms with E-state index in [4.69, 9.17) is 14.2 Å². The Kier molecular flexibility index (Phi) is 9.23. The van der Waals surface area contributed by atoms with E-state index in [2.05, 4.69) is 47.7 Å². The number of hydrogen-bond acceptors (Lipinski definition) is 4. The predicted octanol–water partition coefficient (Wildman–Crippen LogP) is 4.30. The van der Waals surface area contributed by atoms with Gasteiger partial charge in [-0.25, -0.2) is 0 Å². The average molecular weight is 525 g/mol. The fourth-order valence-electron chi connectivity index (χ4n) is 3.42. The normalized spacial score (nSPS) is 17.2. The summed E-state index contributed by atoms with van der Waals surface area (Å²) >= 11 is 0. The third-order valence-electron chi connectivity index (χ3n) is 4.85. The van der Waals surface area contributed by atoms with E-state index >= 15 is 0 Å². The lowest BCUT2D eigenvalue weighted by molar-refractivity contribution is 0.0694. The molecule has 0 saturated heterocycles. The Morgan fingerprint density at radius 2 is 1.87 bits per heavy atom. The molecule has 1 unspecified atom stereocenters. The third-order valence-corrected chi connectivity index (χ3v) is 4.85. The number of benzene rings is 2. The van der Waals surface area contributed by atoms with Crippen molar-refractivity contribution in [3.8, 4) is 11.5 Å². The quantitative estimate of drug-likeness (QED) is 0.244. The molecule has 30 heavy (non-hydrogen) atoms. The van der Waals surface area contributed by atoms with Crippen molar-refractivity contribution < 1.29 is 14.2 Å². The second-order valence-corrected chi connectivity index (χ2v) is 7.71. The highest BCUT2D eigenvalue weighted by molar-refractivity contribution is 14.0. The van der Waals surface area contributed by atoms with E-state index in [1.807, 2.05) is 30.3 Å². The summed E-state index contributed by atoms with van der Waals surface area (Å²) in [5.74, 6) is 2.54. The Bertz CT molecular complexity index is 825. The molecule has 3 rings (SSSR count). The number of rotatable bonds is 7. The van der Waals surface area contributed by atoms with Crippen LogP contribution in [0.4, 0.5) is 0 Å². The summed E-state index contributed by atoms with van der Waals surface area (Å²) in [7, 11) is 3.46. The van der Waals surface area contributed by atoms with Crippen molar-refractivity contribution in [2.45, 2.75) is 38.5 Å². The standard InChI is InChI=1S/C23H31N3O3.HI/c1-23(2)15-20(19-7-5-6-8-21(19)29-23)26-22(24-3)25-16-17-9-11-18(12-10-17)28-14-13-27-4;/h5-12,20H,13-16H2,1-4H3,(H2,24,25,26);1H. The van der Waals surface area contributed by atoms with Gasteiger partial charge < -0.3 is 24.8 Å². The monoisotopic (exact) mass is 525 g/mol. The number of nitrogens with one attached hydrogen (secondary N) is 2. The first-order valence-corrected chi connectivity index (χ1v) is 9.96. The highest BCUT2D eigenvalue weighted by Crippen LogP contribution is 2.39. The minimum absolute atomic E-state index is 0. The van der Waals surface area contributed by atoms with Crippen LogP contribution in [-0.2, 0) is 11.3 Å². The van der Waals surface area contributed by atoms with Crippen molar-refractivity contribution >= 4 is 29.9 Å². The van der Waals surface area contributed by atoms with Crippen molar-refractivity contribution in [1.82, 2.24) is 10.6 Å². The van der Waals surface area contributed by atoms with Crippen LogP contribution in [0.15, 0.2) is 53.5 Å². The van der Waals surface area contributed by atoms with Gasteiger partial charge in [-0.15, -0.1) is 24.0 Å². The number of aliphatic imine (C=N–C) groups is 1. The molecule has 164 valence electrons. The summed E-state index contributed by atoms with van der Waals surface area (Å²) in [6.07, 6.45) is 0.859. The maximum Gasteiger partial charge on any atom is 0.191 e. The van der Waals surface area contributed by atoms with Crippen LogP contribution >= 0.6 is 24.0 Å². The molecule has 6 nitrogen and oxygen atoms in total. The van der Waals surface area contributed by atoms with Crippen LogP contribution in [0.5, 0.6) is 11.5 Å². The minimum atomic E-state index is -0.233. The zero-order valence-electron chi connectivity index (χ0n) is 18.1. The van der Waals surface area contributed by atoms with Crippen molar-refractivity contribution in [3.63, 3.8) is 0 Å². The van der Waals surface area contributed by atoms with Gasteiger partial charge in [0.15, 0.2) is 5.96 Å². The SMILES string of the molecule is CN=C(NCc1ccc(OCCOC)cc1)NC1CC(C)(C)Oc2ccccc21.I. The number of fused-ring (bicyclic) bond motifs is 1. The highest BCUT2D eigenvalue weighted by atomic mass is 127. The Hall–Kier alpha value is -2.00. The lowest BCUT2D eigenvalue weighted by Crippen LogP contribution is -2.45. The van der Waals surface area contributed by atoms with E-state index in [0.717, 1.165) is 35.0 Å². The number of methoxy groups -OCH3 is 1. The van der Waals surface area contributed by atoms with E-state index in [1.54, 1.807) is 14.2 Å². The molecule has 2 N–H and O–H groups in total. The summed E-state index contributed by atoms with van der Waals surface area (Å²) < 4.78 is 16.7. The summed E-state index contributed by atoms with van der Waals surface area (Å²) in [5, 5.41) is 6.95. The van der Waals surface area contributed by atoms with E-state index in [1.165, 1.54) is 0 Å². The fraction of sp³-hybridized carbons (Fsp3) is 0.435. The molecule has 0 aromatic heterocycles. The molecule has 0 saturated carbocycles. The molecule has 0 amide bonds. The van der Waals surface area contributed by atoms with E-state index in [9.17, 15) is 0 Å². The predicted molar refractivity (Wildman–Crippen MR) is 131 cm³/mol. The second kappa shape index (κ2) is 11.4. The number of para-hydroxylation sites is 1. The van der Waals surface area contributed by atoms with Crippen molar-refractivity contribution in [1.29, 1.82) is 0 Å². The van der Waals surface area contributed by atoms with Crippen molar-refractivity contribution in [2.24, 2.45) is 4.99 Å². The van der Waals surface area contributed by atoms with Crippen LogP contribution in [0.3, 0.4) is 0 Å². The molecule has 2 aromatic rings. The van der Waals surface area contributed by atoms with Crippen LogP contribution < -0.4 is 20.1 Å². The largest absolute Gasteiger partial charge is 0.491 e. The fourth-order valence-corrected chi connectivity index (χ4v) is 3.42. The molecular formula is C23H32IN3O3. The van der Waals surface area contributed by atoms with Crippen molar-refractivity contribution in [2.75, 3.05) is 27.4 Å². The average Bonchev–Trinajstić information content (AvgIpc) is 2.71. The summed E-state index contributed by atoms with van der Waals surface area (Å²) in [6.45, 7) is 6.03. The van der Waals surface area contributed by atoms with Crippen LogP contribution in [0.2, 0.25) is 0 Å². The van der Waals surface area contributed by atoms with E-state index in [0.29, 0.717) is 19.8 Å². The Labute approximate surface area is 196 Å². The first kappa shape index (κ1) is 24.3. The first-order valence-electron chi connectivity index (χ1n) is 9.96. The topological polar surface area (TPSA) is 64.1 Å². The van der Waals surface area contributed by atoms with Gasteiger partial charge in [0, 0.05) is 32.7 Å². The zero-order chi connectivity index (χ0) is 20.7. The van der Waals surface area contributed by atoms with Gasteiger partial charge >= 0.3 is 0 Å². The van der Waals surface area contributed by atoms with Crippen molar-refractivity contribution in [3.05, 3.63) is 59.7 Å². The van der Waals surface area contributed by atoms with Crippen LogP contribution in [0.1, 0.15) is 37.4 Å². The van der Waals surface area contributed by atoms with Gasteiger partial charge in [-0.2, -0.15) is 0 Å². The number of ether oxygens (including phenoxy) is 3. The van der Waals surface area contributed by atoms with Gasteiger partial charge in [0.2, 0.25) is 0 Å². The molecule has 1 atom stereocenters. The van der Waals surface area contributed by atoms with Gasteiger partial charge in [0.25, 0.3) is 0 Å². The van der Waals surface area contributed by atoms with Gasteiger partial charge in [0.05, 0.1) is 12.6 Å². The Balaban J connectivity index is 0.00000320. The molecule has 0 bridgehead atoms. The number of hydrogen-bond donors (Lipinski definition) is 2. The third kappa shape index (κ3) is 6.77. The second-order valence-electron chi connectivity index (χ2n) is 7.71. The van der Waals surface area contributed by atoms with Gasteiger partial charge in [-0.05, 0) is 37.6 Å². The van der Waals surface area contributed by atoms with Crippen LogP contribution in [0, 0.1) is 0 Å². The molecule has 1 aliphatic heterocycles. The molecule has 7 heteroatoms. The zero-order valence-corrected chi connectivity index (χ0v) is 20.4. The van der Waals surface area contributed by atoms with Gasteiger partial charge in [0.1, 0.15) is 23.7 Å². The number of guanidine groups is 1. The minimum Gasteiger partial charge on any atom is -0.491 e. The molecule has 0 aliphatic carbocycles. The molecule has 1 aliphatic rings. The van der Waals surface area contributed by atoms with Crippen LogP contribution in [-0.4, -0.2) is 38.9 Å². The molecule has 1 heterocycles. The lowest BCUT2D eigenvalue weighted by atomic mass is 9.90. The maximum absolute atomic E-state index is 6.12. The Morgan fingerprint density at radius 1 is 1.13 bits per heavy atom. The highest BCUT2D eigenvalue weighted by Gasteiger charge is 2.33.